The zero-order valence-electron chi connectivity index (χ0n) is 27.8. The number of aliphatic hydroxyl groups is 2. The lowest BCUT2D eigenvalue weighted by molar-refractivity contribution is -0.274. The molecule has 0 saturated heterocycles. The summed E-state index contributed by atoms with van der Waals surface area (Å²) in [4.78, 5) is 18.0. The predicted octanol–water partition coefficient (Wildman–Crippen LogP) is 6.37. The Labute approximate surface area is 298 Å². The number of pyridine rings is 1. The van der Waals surface area contributed by atoms with Gasteiger partial charge in [0, 0.05) is 18.2 Å². The highest BCUT2D eigenvalue weighted by molar-refractivity contribution is 7.91. The van der Waals surface area contributed by atoms with E-state index in [1.165, 1.54) is 35.6 Å². The van der Waals surface area contributed by atoms with Gasteiger partial charge < -0.3 is 25.6 Å². The predicted molar refractivity (Wildman–Crippen MR) is 184 cm³/mol. The van der Waals surface area contributed by atoms with Crippen molar-refractivity contribution in [3.05, 3.63) is 83.3 Å². The van der Waals surface area contributed by atoms with Gasteiger partial charge in [0.25, 0.3) is 0 Å². The van der Waals surface area contributed by atoms with Crippen molar-refractivity contribution >= 4 is 43.2 Å². The fourth-order valence-electron chi connectivity index (χ4n) is 6.20. The summed E-state index contributed by atoms with van der Waals surface area (Å²) >= 11 is 1.36. The smallest absolute Gasteiger partial charge is 0.406 e. The molecule has 4 N–H and O–H groups in total. The lowest BCUT2D eigenvalue weighted by Gasteiger charge is -2.22. The number of halogens is 5. The van der Waals surface area contributed by atoms with Crippen LogP contribution in [-0.4, -0.2) is 68.9 Å². The van der Waals surface area contributed by atoms with Crippen LogP contribution in [0.3, 0.4) is 0 Å². The molecular formula is C34H33F5N6O5S2. The second kappa shape index (κ2) is 14.5. The molecule has 52 heavy (non-hydrogen) atoms. The molecule has 1 aliphatic carbocycles. The van der Waals surface area contributed by atoms with Gasteiger partial charge in [-0.2, -0.15) is 4.98 Å². The fourth-order valence-corrected chi connectivity index (χ4v) is 8.96. The Balaban J connectivity index is 1.32. The third-order valence-electron chi connectivity index (χ3n) is 8.73. The minimum atomic E-state index is -4.84. The molecule has 2 aromatic carbocycles. The number of sulfone groups is 1. The van der Waals surface area contributed by atoms with E-state index in [4.69, 9.17) is 9.97 Å². The van der Waals surface area contributed by atoms with Gasteiger partial charge in [-0.1, -0.05) is 19.1 Å². The number of hydrogen-bond acceptors (Lipinski definition) is 12. The molecule has 3 aromatic heterocycles. The Kier molecular flexibility index (Phi) is 10.4. The average Bonchev–Trinajstić information content (AvgIpc) is 3.60. The van der Waals surface area contributed by atoms with Crippen LogP contribution in [-0.2, 0) is 16.3 Å². The van der Waals surface area contributed by atoms with Crippen molar-refractivity contribution in [3.63, 3.8) is 0 Å². The number of rotatable bonds is 11. The molecule has 1 fully saturated rings. The number of ether oxygens (including phenoxy) is 1. The van der Waals surface area contributed by atoms with E-state index >= 15 is 0 Å². The minimum absolute atomic E-state index is 0.0584. The van der Waals surface area contributed by atoms with E-state index in [1.807, 2.05) is 13.0 Å². The van der Waals surface area contributed by atoms with Crippen LogP contribution in [0.4, 0.5) is 33.7 Å². The van der Waals surface area contributed by atoms with Gasteiger partial charge in [0.2, 0.25) is 5.95 Å². The molecular weight excluding hydrogens is 732 g/mol. The maximum Gasteiger partial charge on any atom is 0.573 e. The molecule has 276 valence electrons. The molecule has 3 heterocycles. The van der Waals surface area contributed by atoms with Crippen LogP contribution >= 0.6 is 11.3 Å². The molecule has 11 nitrogen and oxygen atoms in total. The summed E-state index contributed by atoms with van der Waals surface area (Å²) in [7, 11) is -4.27. The van der Waals surface area contributed by atoms with Gasteiger partial charge >= 0.3 is 6.36 Å². The fraction of sp³-hybridized carbons (Fsp3) is 0.353. The molecule has 1 aliphatic rings. The van der Waals surface area contributed by atoms with Crippen molar-refractivity contribution in [1.82, 2.24) is 19.9 Å². The van der Waals surface area contributed by atoms with Crippen molar-refractivity contribution in [2.45, 2.75) is 69.2 Å². The maximum absolute atomic E-state index is 13.8. The number of hydrogen-bond donors (Lipinski definition) is 4. The topological polar surface area (TPSA) is 159 Å². The van der Waals surface area contributed by atoms with Crippen molar-refractivity contribution in [1.29, 1.82) is 0 Å². The second-order valence-corrected chi connectivity index (χ2v) is 15.5. The first kappa shape index (κ1) is 37.2. The molecule has 0 radical (unpaired) electrons. The summed E-state index contributed by atoms with van der Waals surface area (Å²) in [5, 5.41) is 28.9. The largest absolute Gasteiger partial charge is 0.573 e. The lowest BCUT2D eigenvalue weighted by Crippen LogP contribution is -2.36. The van der Waals surface area contributed by atoms with Gasteiger partial charge in [0.1, 0.15) is 39.8 Å². The number of alkyl halides is 3. The number of aromatic nitrogens is 4. The third kappa shape index (κ3) is 8.09. The molecule has 0 bridgehead atoms. The number of anilines is 2. The number of benzene rings is 2. The van der Waals surface area contributed by atoms with E-state index in [1.54, 1.807) is 20.0 Å². The van der Waals surface area contributed by atoms with Crippen LogP contribution in [0, 0.1) is 24.5 Å². The van der Waals surface area contributed by atoms with E-state index in [-0.39, 0.29) is 23.9 Å². The van der Waals surface area contributed by atoms with E-state index in [0.29, 0.717) is 52.0 Å². The Morgan fingerprint density at radius 2 is 1.71 bits per heavy atom. The van der Waals surface area contributed by atoms with Gasteiger partial charge in [-0.05, 0) is 62.6 Å². The summed E-state index contributed by atoms with van der Waals surface area (Å²) in [6.45, 7) is 5.42. The minimum Gasteiger partial charge on any atom is -0.406 e. The normalized spacial score (nSPS) is 19.9. The molecule has 0 aliphatic heterocycles. The summed E-state index contributed by atoms with van der Waals surface area (Å²) < 4.78 is 96.7. The third-order valence-corrected chi connectivity index (χ3v) is 11.6. The summed E-state index contributed by atoms with van der Waals surface area (Å²) in [5.74, 6) is -3.91. The molecule has 1 saturated carbocycles. The number of aliphatic hydroxyl groups excluding tert-OH is 2. The number of aryl methyl sites for hydroxylation is 2. The Bertz CT molecular complexity index is 2180. The molecule has 0 unspecified atom stereocenters. The van der Waals surface area contributed by atoms with Crippen LogP contribution in [0.15, 0.2) is 59.6 Å². The van der Waals surface area contributed by atoms with Gasteiger partial charge in [-0.3, -0.25) is 4.98 Å². The van der Waals surface area contributed by atoms with E-state index in [2.05, 4.69) is 25.3 Å². The Hall–Kier alpha value is -4.52. The first-order valence-corrected chi connectivity index (χ1v) is 18.6. The molecule has 0 amide bonds. The van der Waals surface area contributed by atoms with Crippen molar-refractivity contribution in [2.24, 2.45) is 5.92 Å². The van der Waals surface area contributed by atoms with Gasteiger partial charge in [0.15, 0.2) is 9.84 Å². The SMILES string of the molecule is CCc1nccc2sc(-c3c(C)nc(N[C@H](C)c4ccc(OC(F)(F)F)cc4)nc3N[C@@H]3C[C@H](CS(=O)(=O)c4cc(F)cc(F)c4)[C@@H](O)[C@H]3O)nc12. The van der Waals surface area contributed by atoms with E-state index in [9.17, 15) is 40.6 Å². The zero-order chi connectivity index (χ0) is 37.5. The zero-order valence-corrected chi connectivity index (χ0v) is 29.5. The summed E-state index contributed by atoms with van der Waals surface area (Å²) in [5.41, 5.74) is 3.01. The standard InChI is InChI=1S/C34H33F5N6O5S2/c1-4-24-28-26(9-10-40-24)51-32(44-28)27-17(3)42-33(41-16(2)18-5-7-22(8-6-18)50-34(37,38)39)45-31(27)43-25-11-19(29(46)30(25)47)15-52(48,49)23-13-20(35)12-21(36)14-23/h5-10,12-14,16,19,25,29-30,46-47H,4,11,15H2,1-3H3,(H2,41,42,43,45)/t16-,19-,25-,29-,30+/m1/s1. The Morgan fingerprint density at radius 1 is 1.02 bits per heavy atom. The number of nitrogens with one attached hydrogen (secondary N) is 2. The number of fused-ring (bicyclic) bond motifs is 1. The summed E-state index contributed by atoms with van der Waals surface area (Å²) in [6, 6.07) is 7.62. The highest BCUT2D eigenvalue weighted by Gasteiger charge is 2.44. The molecule has 0 spiro atoms. The molecule has 5 atom stereocenters. The van der Waals surface area contributed by atoms with Gasteiger partial charge in [0.05, 0.1) is 50.5 Å². The highest BCUT2D eigenvalue weighted by Crippen LogP contribution is 2.39. The van der Waals surface area contributed by atoms with Gasteiger partial charge in [-0.25, -0.2) is 27.2 Å². The van der Waals surface area contributed by atoms with Crippen LogP contribution in [0.1, 0.15) is 43.3 Å². The maximum atomic E-state index is 13.8. The van der Waals surface area contributed by atoms with Crippen LogP contribution in [0.5, 0.6) is 5.75 Å². The molecule has 6 rings (SSSR count). The Morgan fingerprint density at radius 3 is 2.37 bits per heavy atom. The van der Waals surface area contributed by atoms with Crippen LogP contribution in [0.25, 0.3) is 20.8 Å². The first-order valence-electron chi connectivity index (χ1n) is 16.1. The van der Waals surface area contributed by atoms with Crippen molar-refractivity contribution in [2.75, 3.05) is 16.4 Å². The van der Waals surface area contributed by atoms with Crippen molar-refractivity contribution < 1.29 is 45.3 Å². The van der Waals surface area contributed by atoms with E-state index in [0.717, 1.165) is 10.4 Å². The number of thiazole rings is 1. The van der Waals surface area contributed by atoms with E-state index < -0.39 is 68.7 Å². The lowest BCUT2D eigenvalue weighted by atomic mass is 10.1. The van der Waals surface area contributed by atoms with Gasteiger partial charge in [-0.15, -0.1) is 24.5 Å². The first-order chi connectivity index (χ1) is 24.5. The van der Waals surface area contributed by atoms with Crippen LogP contribution in [0.2, 0.25) is 0 Å². The number of nitrogens with zero attached hydrogens (tertiary/aromatic N) is 4. The average molecular weight is 765 g/mol. The summed E-state index contributed by atoms with van der Waals surface area (Å²) in [6.07, 6.45) is -5.56. The van der Waals surface area contributed by atoms with Crippen molar-refractivity contribution in [3.8, 4) is 16.3 Å². The quantitative estimate of drug-likeness (QED) is 0.111. The monoisotopic (exact) mass is 764 g/mol. The molecule has 18 heteroatoms. The molecule has 5 aromatic rings. The van der Waals surface area contributed by atoms with Crippen LogP contribution < -0.4 is 15.4 Å². The second-order valence-electron chi connectivity index (χ2n) is 12.4. The highest BCUT2D eigenvalue weighted by atomic mass is 32.2.